The third kappa shape index (κ3) is 4.07. The number of fused-ring (bicyclic) bond motifs is 4. The van der Waals surface area contributed by atoms with Crippen molar-refractivity contribution in [1.29, 1.82) is 0 Å². The Morgan fingerprint density at radius 2 is 1.89 bits per heavy atom. The van der Waals surface area contributed by atoms with Crippen molar-refractivity contribution in [3.05, 3.63) is 90.1 Å². The van der Waals surface area contributed by atoms with E-state index < -0.39 is 0 Å². The lowest BCUT2D eigenvalue weighted by Crippen LogP contribution is -2.30. The van der Waals surface area contributed by atoms with Gasteiger partial charge in [-0.3, -0.25) is 9.20 Å². The van der Waals surface area contributed by atoms with Crippen LogP contribution in [-0.4, -0.2) is 49.9 Å². The van der Waals surface area contributed by atoms with E-state index in [1.54, 1.807) is 7.11 Å². The van der Waals surface area contributed by atoms with Gasteiger partial charge in [0.25, 0.3) is 0 Å². The number of nitrogens with one attached hydrogen (secondary N) is 3. The van der Waals surface area contributed by atoms with Gasteiger partial charge in [-0.15, -0.1) is 5.10 Å². The molecule has 1 amide bonds. The van der Waals surface area contributed by atoms with Gasteiger partial charge in [0.2, 0.25) is 11.7 Å². The molecule has 36 heavy (non-hydrogen) atoms. The van der Waals surface area contributed by atoms with E-state index in [2.05, 4.69) is 49.7 Å². The molecule has 1 atom stereocenters. The summed E-state index contributed by atoms with van der Waals surface area (Å²) in [4.78, 5) is 20.8. The number of aromatic nitrogens is 5. The number of hydrogen-bond donors (Lipinski definition) is 3. The van der Waals surface area contributed by atoms with Gasteiger partial charge in [-0.2, -0.15) is 0 Å². The zero-order chi connectivity index (χ0) is 24.5. The number of ether oxygens (including phenoxy) is 1. The van der Waals surface area contributed by atoms with Gasteiger partial charge < -0.3 is 15.0 Å². The second-order valence-electron chi connectivity index (χ2n) is 8.47. The largest absolute Gasteiger partial charge is 0.497 e. The number of aromatic amines is 2. The quantitative estimate of drug-likeness (QED) is 0.264. The molecule has 3 aromatic carbocycles. The summed E-state index contributed by atoms with van der Waals surface area (Å²) in [5, 5.41) is 12.3. The van der Waals surface area contributed by atoms with Crippen LogP contribution in [0.2, 0.25) is 0 Å². The summed E-state index contributed by atoms with van der Waals surface area (Å²) >= 11 is 1.38. The van der Waals surface area contributed by atoms with Gasteiger partial charge in [0, 0.05) is 29.6 Å². The number of benzene rings is 3. The minimum atomic E-state index is -0.0566. The van der Waals surface area contributed by atoms with Gasteiger partial charge in [0.05, 0.1) is 23.9 Å². The maximum atomic E-state index is 12.9. The van der Waals surface area contributed by atoms with Gasteiger partial charge in [-0.25, -0.2) is 10.1 Å². The first-order chi connectivity index (χ1) is 17.7. The molecule has 0 aliphatic carbocycles. The first kappa shape index (κ1) is 22.2. The van der Waals surface area contributed by atoms with Crippen molar-refractivity contribution in [2.45, 2.75) is 11.1 Å². The van der Waals surface area contributed by atoms with Gasteiger partial charge in [0.15, 0.2) is 5.16 Å². The van der Waals surface area contributed by atoms with Crippen LogP contribution < -0.4 is 10.1 Å². The lowest BCUT2D eigenvalue weighted by atomic mass is 9.91. The molecule has 0 spiro atoms. The van der Waals surface area contributed by atoms with Gasteiger partial charge in [-0.05, 0) is 41.5 Å². The zero-order valence-electron chi connectivity index (χ0n) is 19.6. The van der Waals surface area contributed by atoms with Crippen molar-refractivity contribution < 1.29 is 9.53 Å². The summed E-state index contributed by atoms with van der Waals surface area (Å²) < 4.78 is 7.28. The summed E-state index contributed by atoms with van der Waals surface area (Å²) in [7, 11) is 1.66. The molecule has 3 heterocycles. The average molecular weight is 497 g/mol. The normalized spacial score (nSPS) is 12.4. The molecule has 8 nitrogen and oxygen atoms in total. The van der Waals surface area contributed by atoms with Crippen LogP contribution in [0.25, 0.3) is 27.7 Å². The summed E-state index contributed by atoms with van der Waals surface area (Å²) in [6.45, 7) is 0.470. The molecule has 180 valence electrons. The number of hydrogen-bond acceptors (Lipinski definition) is 5. The fraction of sp³-hybridized carbons (Fsp3) is 0.148. The molecule has 0 saturated heterocycles. The fourth-order valence-electron chi connectivity index (χ4n) is 4.56. The van der Waals surface area contributed by atoms with Crippen LogP contribution in [0.1, 0.15) is 17.0 Å². The van der Waals surface area contributed by atoms with Crippen LogP contribution in [0, 0.1) is 0 Å². The van der Waals surface area contributed by atoms with Crippen LogP contribution in [0.4, 0.5) is 0 Å². The van der Waals surface area contributed by atoms with Crippen LogP contribution in [-0.2, 0) is 4.79 Å². The van der Waals surface area contributed by atoms with E-state index in [9.17, 15) is 4.79 Å². The summed E-state index contributed by atoms with van der Waals surface area (Å²) in [6.07, 6.45) is 2.03. The highest BCUT2D eigenvalue weighted by molar-refractivity contribution is 7.99. The Labute approximate surface area is 211 Å². The van der Waals surface area contributed by atoms with Crippen LogP contribution >= 0.6 is 11.8 Å². The summed E-state index contributed by atoms with van der Waals surface area (Å²) in [5.41, 5.74) is 5.17. The Kier molecular flexibility index (Phi) is 5.82. The monoisotopic (exact) mass is 496 g/mol. The van der Waals surface area contributed by atoms with Gasteiger partial charge >= 0.3 is 0 Å². The SMILES string of the molecule is COc1ccc(C(CNC(=O)CSc2n[nH]c3nc4ccccc4n23)c2c[nH]c3ccccc23)cc1. The molecule has 9 heteroatoms. The Balaban J connectivity index is 1.20. The van der Waals surface area contributed by atoms with Crippen molar-refractivity contribution in [3.8, 4) is 5.75 Å². The zero-order valence-corrected chi connectivity index (χ0v) is 20.4. The topological polar surface area (TPSA) is 100 Å². The van der Waals surface area contributed by atoms with Crippen molar-refractivity contribution in [2.75, 3.05) is 19.4 Å². The molecule has 3 N–H and O–H groups in total. The first-order valence-electron chi connectivity index (χ1n) is 11.6. The predicted octanol–water partition coefficient (Wildman–Crippen LogP) is 4.74. The number of imidazole rings is 1. The lowest BCUT2D eigenvalue weighted by Gasteiger charge is -2.18. The van der Waals surface area contributed by atoms with E-state index >= 15 is 0 Å². The highest BCUT2D eigenvalue weighted by Gasteiger charge is 2.20. The average Bonchev–Trinajstić information content (AvgIpc) is 3.62. The number of para-hydroxylation sites is 3. The fourth-order valence-corrected chi connectivity index (χ4v) is 5.35. The highest BCUT2D eigenvalue weighted by Crippen LogP contribution is 2.31. The van der Waals surface area contributed by atoms with Gasteiger partial charge in [-0.1, -0.05) is 54.2 Å². The van der Waals surface area contributed by atoms with Crippen molar-refractivity contribution in [2.24, 2.45) is 0 Å². The second kappa shape index (κ2) is 9.43. The van der Waals surface area contributed by atoms with E-state index in [-0.39, 0.29) is 17.6 Å². The van der Waals surface area contributed by atoms with Crippen LogP contribution in [0.3, 0.4) is 0 Å². The summed E-state index contributed by atoms with van der Waals surface area (Å²) in [6, 6.07) is 24.1. The number of methoxy groups -OCH3 is 1. The maximum absolute atomic E-state index is 12.9. The van der Waals surface area contributed by atoms with E-state index in [1.807, 2.05) is 59.1 Å². The summed E-state index contributed by atoms with van der Waals surface area (Å²) in [5.74, 6) is 1.64. The predicted molar refractivity (Wildman–Crippen MR) is 142 cm³/mol. The number of H-pyrrole nitrogens is 2. The van der Waals surface area contributed by atoms with Crippen LogP contribution in [0.15, 0.2) is 84.1 Å². The third-order valence-electron chi connectivity index (χ3n) is 6.35. The molecule has 3 aromatic heterocycles. The molecular weight excluding hydrogens is 472 g/mol. The first-order valence-corrected chi connectivity index (χ1v) is 12.6. The molecule has 1 unspecified atom stereocenters. The van der Waals surface area contributed by atoms with E-state index in [0.29, 0.717) is 17.5 Å². The maximum Gasteiger partial charge on any atom is 0.231 e. The molecule has 0 fully saturated rings. The smallest absolute Gasteiger partial charge is 0.231 e. The van der Waals surface area contributed by atoms with Crippen molar-refractivity contribution >= 4 is 45.4 Å². The number of amides is 1. The molecule has 6 aromatic rings. The van der Waals surface area contributed by atoms with E-state index in [4.69, 9.17) is 4.74 Å². The Hall–Kier alpha value is -4.24. The molecule has 0 aliphatic heterocycles. The number of nitrogens with zero attached hydrogens (tertiary/aromatic N) is 3. The molecular formula is C27H24N6O2S. The molecule has 0 saturated carbocycles. The standard InChI is InChI=1S/C27H24N6O2S/c1-35-18-12-10-17(11-13-18)20(21-15-28-22-7-3-2-6-19(21)22)14-29-25(34)16-36-27-32-31-26-30-23-8-4-5-9-24(23)33(26)27/h2-13,15,20,28H,14,16H2,1H3,(H,29,34)(H,30,31). The number of thioether (sulfide) groups is 1. The lowest BCUT2D eigenvalue weighted by molar-refractivity contribution is -0.118. The molecule has 6 rings (SSSR count). The number of rotatable bonds is 8. The second-order valence-corrected chi connectivity index (χ2v) is 9.42. The van der Waals surface area contributed by atoms with Crippen molar-refractivity contribution in [3.63, 3.8) is 0 Å². The minimum absolute atomic E-state index is 0.0179. The van der Waals surface area contributed by atoms with E-state index in [0.717, 1.165) is 38.8 Å². The Morgan fingerprint density at radius 3 is 2.75 bits per heavy atom. The minimum Gasteiger partial charge on any atom is -0.497 e. The Bertz CT molecular complexity index is 1670. The number of carbonyl (C=O) groups is 1. The number of carbonyl (C=O) groups excluding carboxylic acids is 1. The Morgan fingerprint density at radius 1 is 1.08 bits per heavy atom. The third-order valence-corrected chi connectivity index (χ3v) is 7.29. The highest BCUT2D eigenvalue weighted by atomic mass is 32.2. The van der Waals surface area contributed by atoms with Crippen molar-refractivity contribution in [1.82, 2.24) is 29.9 Å². The van der Waals surface area contributed by atoms with E-state index in [1.165, 1.54) is 11.8 Å². The molecule has 0 aliphatic rings. The van der Waals surface area contributed by atoms with Gasteiger partial charge in [0.1, 0.15) is 5.75 Å². The molecule has 0 bridgehead atoms. The van der Waals surface area contributed by atoms with Crippen LogP contribution in [0.5, 0.6) is 5.75 Å². The molecule has 0 radical (unpaired) electrons.